The molecule has 0 bridgehead atoms. The van der Waals surface area contributed by atoms with Crippen LogP contribution in [-0.4, -0.2) is 63.6 Å². The summed E-state index contributed by atoms with van der Waals surface area (Å²) in [6.45, 7) is 0.659. The van der Waals surface area contributed by atoms with Crippen LogP contribution in [0.3, 0.4) is 0 Å². The number of aliphatic carboxylic acids is 1. The average Bonchev–Trinajstić information content (AvgIpc) is 2.77. The summed E-state index contributed by atoms with van der Waals surface area (Å²) in [6, 6.07) is 1.68. The minimum Gasteiger partial charge on any atom is -0.478 e. The molecule has 1 aromatic rings. The fourth-order valence-corrected chi connectivity index (χ4v) is 3.64. The Kier molecular flexibility index (Phi) is 9.60. The van der Waals surface area contributed by atoms with E-state index in [0.29, 0.717) is 0 Å². The fraction of sp³-hybridized carbons (Fsp3) is 0.500. The van der Waals surface area contributed by atoms with Crippen molar-refractivity contribution in [3.63, 3.8) is 0 Å². The third-order valence-electron chi connectivity index (χ3n) is 5.47. The third-order valence-corrected chi connectivity index (χ3v) is 5.47. The molecule has 3 amide bonds. The minimum absolute atomic E-state index is 0.0666. The molecule has 1 fully saturated rings. The molecule has 1 saturated heterocycles. The first kappa shape index (κ1) is 27.6. The maximum absolute atomic E-state index is 12.8. The van der Waals surface area contributed by atoms with E-state index in [1.54, 1.807) is 0 Å². The molecule has 2 heterocycles. The number of hydrogen-bond donors (Lipinski definition) is 3. The van der Waals surface area contributed by atoms with Gasteiger partial charge in [-0.3, -0.25) is 19.2 Å². The van der Waals surface area contributed by atoms with Crippen molar-refractivity contribution in [2.45, 2.75) is 51.4 Å². The van der Waals surface area contributed by atoms with E-state index in [1.165, 1.54) is 36.2 Å². The van der Waals surface area contributed by atoms with E-state index in [-0.39, 0.29) is 44.5 Å². The lowest BCUT2D eigenvalue weighted by Crippen LogP contribution is -2.45. The molecule has 0 aliphatic carbocycles. The molecule has 1 aromatic heterocycles. The number of carbonyl (C=O) groups excluding carboxylic acids is 3. The van der Waals surface area contributed by atoms with E-state index in [1.807, 2.05) is 0 Å². The third kappa shape index (κ3) is 8.58. The average molecular weight is 500 g/mol. The van der Waals surface area contributed by atoms with Gasteiger partial charge in [-0.2, -0.15) is 13.2 Å². The molecule has 10 nitrogen and oxygen atoms in total. The molecule has 0 saturated carbocycles. The van der Waals surface area contributed by atoms with Gasteiger partial charge in [-0.25, -0.2) is 4.79 Å². The quantitative estimate of drug-likeness (QED) is 0.440. The molecule has 0 radical (unpaired) electrons. The van der Waals surface area contributed by atoms with Crippen LogP contribution >= 0.6 is 0 Å². The number of carbonyl (C=O) groups is 4. The molecule has 13 heteroatoms. The van der Waals surface area contributed by atoms with Crippen molar-refractivity contribution in [1.82, 2.24) is 14.8 Å². The van der Waals surface area contributed by atoms with Crippen molar-refractivity contribution < 1.29 is 37.5 Å². The number of anilines is 1. The zero-order valence-electron chi connectivity index (χ0n) is 19.0. The number of carboxylic acids is 1. The number of hydrogen-bond acceptors (Lipinski definition) is 5. The first-order valence-electron chi connectivity index (χ1n) is 10.9. The lowest BCUT2D eigenvalue weighted by Gasteiger charge is -2.33. The van der Waals surface area contributed by atoms with Gasteiger partial charge in [0.15, 0.2) is 0 Å². The summed E-state index contributed by atoms with van der Waals surface area (Å²) in [7, 11) is 0. The standard InChI is InChI=1S/C22H27F3N4O6/c1-14(30)26-16(5-2-3-7-19(32)33)20(34)27-17-6-4-10-29(21(17)35)13-18(31)28-11-8-15(9-12-28)22(23,24)25/h3-4,6-7,10,15-16H,2,5,8-9,11-13H2,1H3,(H,26,30)(H,27,34)(H,32,33)/b7-3+. The van der Waals surface area contributed by atoms with Crippen molar-refractivity contribution >= 4 is 29.4 Å². The summed E-state index contributed by atoms with van der Waals surface area (Å²) in [5, 5.41) is 13.5. The highest BCUT2D eigenvalue weighted by Gasteiger charge is 2.41. The number of aromatic nitrogens is 1. The lowest BCUT2D eigenvalue weighted by atomic mass is 9.96. The monoisotopic (exact) mass is 500 g/mol. The second-order valence-electron chi connectivity index (χ2n) is 8.11. The first-order valence-corrected chi connectivity index (χ1v) is 10.9. The summed E-state index contributed by atoms with van der Waals surface area (Å²) in [4.78, 5) is 61.2. The molecule has 1 aliphatic heterocycles. The Labute approximate surface area is 198 Å². The normalized spacial score (nSPS) is 15.6. The molecule has 1 unspecified atom stereocenters. The van der Waals surface area contributed by atoms with Crippen LogP contribution in [0.25, 0.3) is 0 Å². The van der Waals surface area contributed by atoms with Crippen molar-refractivity contribution in [2.24, 2.45) is 5.92 Å². The van der Waals surface area contributed by atoms with Crippen LogP contribution in [0.1, 0.15) is 32.6 Å². The van der Waals surface area contributed by atoms with Gasteiger partial charge in [-0.1, -0.05) is 6.08 Å². The van der Waals surface area contributed by atoms with Crippen LogP contribution < -0.4 is 16.2 Å². The summed E-state index contributed by atoms with van der Waals surface area (Å²) in [5.74, 6) is -4.34. The van der Waals surface area contributed by atoms with Gasteiger partial charge in [0, 0.05) is 32.3 Å². The molecule has 192 valence electrons. The first-order chi connectivity index (χ1) is 16.4. The highest BCUT2D eigenvalue weighted by Crippen LogP contribution is 2.34. The number of nitrogens with one attached hydrogen (secondary N) is 2. The molecule has 1 atom stereocenters. The zero-order chi connectivity index (χ0) is 26.2. The van der Waals surface area contributed by atoms with Gasteiger partial charge in [0.2, 0.25) is 17.7 Å². The Morgan fingerprint density at radius 3 is 2.46 bits per heavy atom. The predicted molar refractivity (Wildman–Crippen MR) is 118 cm³/mol. The Balaban J connectivity index is 2.04. The molecule has 0 aromatic carbocycles. The van der Waals surface area contributed by atoms with Crippen LogP contribution in [0, 0.1) is 5.92 Å². The van der Waals surface area contributed by atoms with E-state index < -0.39 is 53.9 Å². The van der Waals surface area contributed by atoms with Gasteiger partial charge in [0.1, 0.15) is 18.3 Å². The SMILES string of the molecule is CC(=O)NC(CC/C=C/C(=O)O)C(=O)Nc1cccn(CC(=O)N2CCC(C(F)(F)F)CC2)c1=O. The van der Waals surface area contributed by atoms with Gasteiger partial charge in [0.05, 0.1) is 5.92 Å². The van der Waals surface area contributed by atoms with Crippen molar-refractivity contribution in [1.29, 1.82) is 0 Å². The number of pyridine rings is 1. The molecule has 1 aliphatic rings. The van der Waals surface area contributed by atoms with Gasteiger partial charge in [-0.15, -0.1) is 0 Å². The molecular formula is C22H27F3N4O6. The van der Waals surface area contributed by atoms with E-state index in [0.717, 1.165) is 10.6 Å². The van der Waals surface area contributed by atoms with Gasteiger partial charge < -0.3 is 25.2 Å². The number of allylic oxidation sites excluding steroid dienone is 1. The molecule has 2 rings (SSSR count). The van der Waals surface area contributed by atoms with Gasteiger partial charge >= 0.3 is 12.1 Å². The van der Waals surface area contributed by atoms with Crippen LogP contribution in [0.4, 0.5) is 18.9 Å². The number of likely N-dealkylation sites (tertiary alicyclic amines) is 1. The summed E-state index contributed by atoms with van der Waals surface area (Å²) in [6.07, 6.45) is -0.921. The summed E-state index contributed by atoms with van der Waals surface area (Å²) in [5.41, 5.74) is -0.857. The molecule has 35 heavy (non-hydrogen) atoms. The second-order valence-corrected chi connectivity index (χ2v) is 8.11. The van der Waals surface area contributed by atoms with E-state index in [2.05, 4.69) is 10.6 Å². The van der Waals surface area contributed by atoms with Crippen molar-refractivity contribution in [3.8, 4) is 0 Å². The number of halogens is 3. The number of carboxylic acid groups (broad SMARTS) is 1. The topological polar surface area (TPSA) is 138 Å². The highest BCUT2D eigenvalue weighted by atomic mass is 19.4. The Bertz CT molecular complexity index is 1030. The van der Waals surface area contributed by atoms with E-state index >= 15 is 0 Å². The van der Waals surface area contributed by atoms with Crippen molar-refractivity contribution in [2.75, 3.05) is 18.4 Å². The molecular weight excluding hydrogens is 473 g/mol. The van der Waals surface area contributed by atoms with Gasteiger partial charge in [-0.05, 0) is 37.8 Å². The Morgan fingerprint density at radius 1 is 1.23 bits per heavy atom. The second kappa shape index (κ2) is 12.2. The Morgan fingerprint density at radius 2 is 1.89 bits per heavy atom. The van der Waals surface area contributed by atoms with E-state index in [9.17, 15) is 37.1 Å². The largest absolute Gasteiger partial charge is 0.478 e. The van der Waals surface area contributed by atoms with Crippen LogP contribution in [-0.2, 0) is 25.7 Å². The maximum atomic E-state index is 12.8. The van der Waals surface area contributed by atoms with Crippen molar-refractivity contribution in [3.05, 3.63) is 40.8 Å². The molecule has 0 spiro atoms. The number of rotatable bonds is 9. The fourth-order valence-electron chi connectivity index (χ4n) is 3.64. The maximum Gasteiger partial charge on any atom is 0.391 e. The van der Waals surface area contributed by atoms with Gasteiger partial charge in [0.25, 0.3) is 5.56 Å². The summed E-state index contributed by atoms with van der Waals surface area (Å²) >= 11 is 0. The highest BCUT2D eigenvalue weighted by molar-refractivity contribution is 5.96. The predicted octanol–water partition coefficient (Wildman–Crippen LogP) is 1.51. The summed E-state index contributed by atoms with van der Waals surface area (Å²) < 4.78 is 39.5. The number of alkyl halides is 3. The number of piperidine rings is 1. The van der Waals surface area contributed by atoms with Crippen LogP contribution in [0.2, 0.25) is 0 Å². The van der Waals surface area contributed by atoms with Crippen LogP contribution in [0.15, 0.2) is 35.3 Å². The minimum atomic E-state index is -4.31. The van der Waals surface area contributed by atoms with Crippen LogP contribution in [0.5, 0.6) is 0 Å². The Hall–Kier alpha value is -3.64. The number of nitrogens with zero attached hydrogens (tertiary/aromatic N) is 2. The lowest BCUT2D eigenvalue weighted by molar-refractivity contribution is -0.186. The smallest absolute Gasteiger partial charge is 0.391 e. The molecule has 3 N–H and O–H groups in total. The zero-order valence-corrected chi connectivity index (χ0v) is 19.0. The van der Waals surface area contributed by atoms with E-state index in [4.69, 9.17) is 5.11 Å². The number of amides is 3.